The molecule has 0 heterocycles. The maximum atomic E-state index is 13.1. The Balaban J connectivity index is 1.96. The van der Waals surface area contributed by atoms with Crippen molar-refractivity contribution in [1.82, 2.24) is 0 Å². The van der Waals surface area contributed by atoms with Crippen LogP contribution in [0, 0.1) is 18.6 Å². The Hall–Kier alpha value is -2.98. The number of nitrogens with one attached hydrogen (secondary N) is 2. The van der Waals surface area contributed by atoms with Crippen molar-refractivity contribution in [3.05, 3.63) is 83.9 Å². The molecule has 3 rings (SSSR count). The molecule has 0 atom stereocenters. The second-order valence-corrected chi connectivity index (χ2v) is 9.53. The van der Waals surface area contributed by atoms with E-state index in [1.165, 1.54) is 12.1 Å². The summed E-state index contributed by atoms with van der Waals surface area (Å²) in [5, 5.41) is 0. The second kappa shape index (κ2) is 7.80. The van der Waals surface area contributed by atoms with Crippen LogP contribution in [-0.2, 0) is 20.0 Å². The van der Waals surface area contributed by atoms with Gasteiger partial charge in [-0.05, 0) is 73.2 Å². The average Bonchev–Trinajstić information content (AvgIpc) is 2.64. The van der Waals surface area contributed by atoms with Crippen molar-refractivity contribution >= 4 is 31.4 Å². The number of anilines is 2. The van der Waals surface area contributed by atoms with E-state index in [-0.39, 0.29) is 21.2 Å². The van der Waals surface area contributed by atoms with Crippen LogP contribution in [0.4, 0.5) is 20.2 Å². The summed E-state index contributed by atoms with van der Waals surface area (Å²) in [6, 6.07) is 12.8. The third-order valence-electron chi connectivity index (χ3n) is 3.91. The molecule has 0 aromatic heterocycles. The highest BCUT2D eigenvalue weighted by Crippen LogP contribution is 2.28. The fraction of sp³-hybridized carbons (Fsp3) is 0.0526. The van der Waals surface area contributed by atoms with Gasteiger partial charge in [0.05, 0.1) is 21.2 Å². The predicted octanol–water partition coefficient (Wildman–Crippen LogP) is 3.87. The average molecular weight is 438 g/mol. The number of benzene rings is 3. The van der Waals surface area contributed by atoms with E-state index in [1.807, 2.05) is 0 Å². The highest BCUT2D eigenvalue weighted by molar-refractivity contribution is 7.93. The first-order valence-corrected chi connectivity index (χ1v) is 11.2. The van der Waals surface area contributed by atoms with Gasteiger partial charge in [0.2, 0.25) is 0 Å². The van der Waals surface area contributed by atoms with E-state index in [1.54, 1.807) is 13.0 Å². The molecular weight excluding hydrogens is 422 g/mol. The van der Waals surface area contributed by atoms with Gasteiger partial charge in [0, 0.05) is 0 Å². The van der Waals surface area contributed by atoms with E-state index in [0.717, 1.165) is 48.5 Å². The van der Waals surface area contributed by atoms with Gasteiger partial charge in [0.25, 0.3) is 20.0 Å². The van der Waals surface area contributed by atoms with Crippen molar-refractivity contribution < 1.29 is 25.6 Å². The lowest BCUT2D eigenvalue weighted by atomic mass is 10.2. The zero-order valence-electron chi connectivity index (χ0n) is 15.1. The minimum Gasteiger partial charge on any atom is -0.277 e. The van der Waals surface area contributed by atoms with Gasteiger partial charge in [-0.2, -0.15) is 0 Å². The minimum absolute atomic E-state index is 0.0139. The molecule has 152 valence electrons. The molecule has 0 aliphatic carbocycles. The molecule has 0 unspecified atom stereocenters. The van der Waals surface area contributed by atoms with Crippen LogP contribution in [-0.4, -0.2) is 16.8 Å². The zero-order chi connectivity index (χ0) is 21.2. The van der Waals surface area contributed by atoms with E-state index >= 15 is 0 Å². The molecule has 6 nitrogen and oxygen atoms in total. The Labute approximate surface area is 167 Å². The van der Waals surface area contributed by atoms with Crippen LogP contribution in [0.5, 0.6) is 0 Å². The summed E-state index contributed by atoms with van der Waals surface area (Å²) in [5.41, 5.74) is 0.636. The molecule has 0 amide bonds. The predicted molar refractivity (Wildman–Crippen MR) is 106 cm³/mol. The first-order chi connectivity index (χ1) is 13.6. The van der Waals surface area contributed by atoms with Crippen LogP contribution in [0.1, 0.15) is 5.56 Å². The Morgan fingerprint density at radius 2 is 1.03 bits per heavy atom. The van der Waals surface area contributed by atoms with Crippen LogP contribution < -0.4 is 9.44 Å². The largest absolute Gasteiger partial charge is 0.277 e. The minimum atomic E-state index is -4.10. The normalized spacial score (nSPS) is 11.8. The first-order valence-electron chi connectivity index (χ1n) is 8.24. The van der Waals surface area contributed by atoms with Crippen LogP contribution in [0.3, 0.4) is 0 Å². The number of aryl methyl sites for hydroxylation is 1. The number of sulfonamides is 2. The Kier molecular flexibility index (Phi) is 5.58. The first kappa shape index (κ1) is 20.7. The standard InChI is InChI=1S/C19H16F2N2O4S2/c1-13-2-11-18(22-28(24,25)16-7-3-14(20)4-8-16)19(12-13)23-29(26,27)17-9-5-15(21)6-10-17/h2-12,22-23H,1H3. The Morgan fingerprint density at radius 3 is 1.48 bits per heavy atom. The molecule has 2 N–H and O–H groups in total. The van der Waals surface area contributed by atoms with Crippen LogP contribution in [0.2, 0.25) is 0 Å². The molecule has 0 aliphatic rings. The van der Waals surface area contributed by atoms with Crippen LogP contribution in [0.15, 0.2) is 76.5 Å². The fourth-order valence-electron chi connectivity index (χ4n) is 2.47. The summed E-state index contributed by atoms with van der Waals surface area (Å²) in [6.07, 6.45) is 0. The lowest BCUT2D eigenvalue weighted by Crippen LogP contribution is -2.17. The molecule has 3 aromatic rings. The molecule has 29 heavy (non-hydrogen) atoms. The third-order valence-corrected chi connectivity index (χ3v) is 6.67. The topological polar surface area (TPSA) is 92.3 Å². The van der Waals surface area contributed by atoms with E-state index in [9.17, 15) is 25.6 Å². The number of hydrogen-bond donors (Lipinski definition) is 2. The van der Waals surface area contributed by atoms with E-state index in [0.29, 0.717) is 5.56 Å². The van der Waals surface area contributed by atoms with E-state index < -0.39 is 31.7 Å². The number of rotatable bonds is 6. The van der Waals surface area contributed by atoms with Gasteiger partial charge in [0.1, 0.15) is 11.6 Å². The highest BCUT2D eigenvalue weighted by Gasteiger charge is 2.20. The molecule has 3 aromatic carbocycles. The van der Waals surface area contributed by atoms with Gasteiger partial charge in [-0.1, -0.05) is 6.07 Å². The summed E-state index contributed by atoms with van der Waals surface area (Å²) in [7, 11) is -8.19. The maximum absolute atomic E-state index is 13.1. The molecule has 0 fully saturated rings. The maximum Gasteiger partial charge on any atom is 0.261 e. The van der Waals surface area contributed by atoms with E-state index in [4.69, 9.17) is 0 Å². The molecule has 10 heteroatoms. The summed E-state index contributed by atoms with van der Waals surface area (Å²) in [4.78, 5) is -0.375. The van der Waals surface area contributed by atoms with Gasteiger partial charge in [0.15, 0.2) is 0 Å². The monoisotopic (exact) mass is 438 g/mol. The van der Waals surface area contributed by atoms with Gasteiger partial charge in [-0.25, -0.2) is 25.6 Å². The van der Waals surface area contributed by atoms with Crippen molar-refractivity contribution in [2.45, 2.75) is 16.7 Å². The van der Waals surface area contributed by atoms with Gasteiger partial charge in [-0.3, -0.25) is 9.44 Å². The zero-order valence-corrected chi connectivity index (χ0v) is 16.7. The van der Waals surface area contributed by atoms with Gasteiger partial charge in [-0.15, -0.1) is 0 Å². The van der Waals surface area contributed by atoms with Gasteiger partial charge >= 0.3 is 0 Å². The van der Waals surface area contributed by atoms with Crippen LogP contribution >= 0.6 is 0 Å². The number of hydrogen-bond acceptors (Lipinski definition) is 4. The molecular formula is C19H16F2N2O4S2. The molecule has 0 radical (unpaired) electrons. The highest BCUT2D eigenvalue weighted by atomic mass is 32.2. The Morgan fingerprint density at radius 1 is 0.621 bits per heavy atom. The van der Waals surface area contributed by atoms with Crippen LogP contribution in [0.25, 0.3) is 0 Å². The van der Waals surface area contributed by atoms with Crippen molar-refractivity contribution in [1.29, 1.82) is 0 Å². The molecule has 0 bridgehead atoms. The fourth-order valence-corrected chi connectivity index (χ4v) is 4.62. The summed E-state index contributed by atoms with van der Waals surface area (Å²) in [5.74, 6) is -1.18. The molecule has 0 saturated carbocycles. The Bertz CT molecular complexity index is 1240. The van der Waals surface area contributed by atoms with Crippen molar-refractivity contribution in [2.75, 3.05) is 9.44 Å². The lowest BCUT2D eigenvalue weighted by molar-refractivity contribution is 0.597. The summed E-state index contributed by atoms with van der Waals surface area (Å²) >= 11 is 0. The van der Waals surface area contributed by atoms with Crippen molar-refractivity contribution in [3.63, 3.8) is 0 Å². The quantitative estimate of drug-likeness (QED) is 0.611. The smallest absolute Gasteiger partial charge is 0.261 e. The number of halogens is 2. The molecule has 0 aliphatic heterocycles. The SMILES string of the molecule is Cc1ccc(NS(=O)(=O)c2ccc(F)cc2)c(NS(=O)(=O)c2ccc(F)cc2)c1. The molecule has 0 spiro atoms. The van der Waals surface area contributed by atoms with E-state index in [2.05, 4.69) is 9.44 Å². The third kappa shape index (κ3) is 4.90. The second-order valence-electron chi connectivity index (χ2n) is 6.17. The molecule has 0 saturated heterocycles. The van der Waals surface area contributed by atoms with Crippen molar-refractivity contribution in [3.8, 4) is 0 Å². The summed E-state index contributed by atoms with van der Waals surface area (Å²) < 4.78 is 81.1. The summed E-state index contributed by atoms with van der Waals surface area (Å²) in [6.45, 7) is 1.70. The van der Waals surface area contributed by atoms with Crippen molar-refractivity contribution in [2.24, 2.45) is 0 Å². The van der Waals surface area contributed by atoms with Gasteiger partial charge < -0.3 is 0 Å². The lowest BCUT2D eigenvalue weighted by Gasteiger charge is -2.15.